The summed E-state index contributed by atoms with van der Waals surface area (Å²) in [7, 11) is 5.81. The third-order valence-electron chi connectivity index (χ3n) is 5.62. The fourth-order valence-corrected chi connectivity index (χ4v) is 4.43. The molecule has 3 heterocycles. The molecule has 2 fully saturated rings. The van der Waals surface area contributed by atoms with Gasteiger partial charge in [0.05, 0.1) is 12.3 Å². The maximum Gasteiger partial charge on any atom is 0.272 e. The van der Waals surface area contributed by atoms with E-state index in [0.717, 1.165) is 51.3 Å². The molecule has 6 heteroatoms. The average molecular weight is 320 g/mol. The average Bonchev–Trinajstić information content (AvgIpc) is 2.99. The van der Waals surface area contributed by atoms with E-state index in [0.29, 0.717) is 17.0 Å². The number of likely N-dealkylation sites (tertiary alicyclic amines) is 2. The molecule has 2 saturated heterocycles. The zero-order valence-corrected chi connectivity index (χ0v) is 14.7. The van der Waals surface area contributed by atoms with Gasteiger partial charge in [0.25, 0.3) is 5.91 Å². The minimum Gasteiger partial charge on any atom is -0.384 e. The summed E-state index contributed by atoms with van der Waals surface area (Å²) in [6, 6.07) is 1.88. The lowest BCUT2D eigenvalue weighted by Gasteiger charge is -2.42. The smallest absolute Gasteiger partial charge is 0.272 e. The Kier molecular flexibility index (Phi) is 4.47. The van der Waals surface area contributed by atoms with Crippen molar-refractivity contribution in [2.24, 2.45) is 18.4 Å². The van der Waals surface area contributed by atoms with Gasteiger partial charge in [-0.15, -0.1) is 0 Å². The molecule has 2 aliphatic rings. The van der Waals surface area contributed by atoms with Crippen molar-refractivity contribution in [1.82, 2.24) is 19.6 Å². The van der Waals surface area contributed by atoms with Gasteiger partial charge in [-0.05, 0) is 38.3 Å². The van der Waals surface area contributed by atoms with E-state index in [2.05, 4.69) is 17.0 Å². The molecular weight excluding hydrogens is 292 g/mol. The number of hydrogen-bond donors (Lipinski definition) is 0. The second-order valence-corrected chi connectivity index (χ2v) is 7.30. The van der Waals surface area contributed by atoms with E-state index in [4.69, 9.17) is 4.74 Å². The number of carbonyl (C=O) groups excluding carboxylic acids is 1. The summed E-state index contributed by atoms with van der Waals surface area (Å²) >= 11 is 0. The van der Waals surface area contributed by atoms with Crippen LogP contribution in [0.3, 0.4) is 0 Å². The predicted octanol–water partition coefficient (Wildman–Crippen LogP) is 1.16. The summed E-state index contributed by atoms with van der Waals surface area (Å²) in [5.74, 6) is 0.686. The van der Waals surface area contributed by atoms with E-state index in [1.54, 1.807) is 11.8 Å². The number of aryl methyl sites for hydroxylation is 2. The number of methoxy groups -OCH3 is 1. The summed E-state index contributed by atoms with van der Waals surface area (Å²) in [5.41, 5.74) is 1.89. The molecule has 1 spiro atoms. The number of rotatable bonds is 3. The third-order valence-corrected chi connectivity index (χ3v) is 5.62. The topological polar surface area (TPSA) is 50.6 Å². The molecule has 1 atom stereocenters. The highest BCUT2D eigenvalue weighted by Gasteiger charge is 2.47. The van der Waals surface area contributed by atoms with Crippen LogP contribution < -0.4 is 0 Å². The van der Waals surface area contributed by atoms with Crippen molar-refractivity contribution in [1.29, 1.82) is 0 Å². The third kappa shape index (κ3) is 3.02. The lowest BCUT2D eigenvalue weighted by molar-refractivity contribution is 0.0319. The number of amides is 1. The molecule has 3 rings (SSSR count). The fourth-order valence-electron chi connectivity index (χ4n) is 4.43. The van der Waals surface area contributed by atoms with Gasteiger partial charge in [0.2, 0.25) is 0 Å². The Labute approximate surface area is 138 Å². The molecule has 1 aromatic heterocycles. The normalized spacial score (nSPS) is 24.5. The van der Waals surface area contributed by atoms with E-state index in [-0.39, 0.29) is 5.91 Å². The highest BCUT2D eigenvalue weighted by molar-refractivity contribution is 5.92. The molecule has 6 nitrogen and oxygen atoms in total. The van der Waals surface area contributed by atoms with Crippen molar-refractivity contribution in [3.63, 3.8) is 0 Å². The lowest BCUT2D eigenvalue weighted by Crippen LogP contribution is -2.47. The standard InChI is InChI=1S/C17H28N4O2/c1-13-9-15(20(3)18-13)16(22)21-7-5-17(6-8-21)12-19(2)10-14(17)11-23-4/h9,14H,5-8,10-12H2,1-4H3. The van der Waals surface area contributed by atoms with Crippen LogP contribution in [0.4, 0.5) is 0 Å². The maximum absolute atomic E-state index is 12.7. The summed E-state index contributed by atoms with van der Waals surface area (Å²) in [6.45, 7) is 6.62. The second-order valence-electron chi connectivity index (χ2n) is 7.30. The van der Waals surface area contributed by atoms with Crippen LogP contribution in [-0.2, 0) is 11.8 Å². The first kappa shape index (κ1) is 16.5. The molecule has 2 aliphatic heterocycles. The van der Waals surface area contributed by atoms with Crippen molar-refractivity contribution in [3.8, 4) is 0 Å². The largest absolute Gasteiger partial charge is 0.384 e. The monoisotopic (exact) mass is 320 g/mol. The highest BCUT2D eigenvalue weighted by atomic mass is 16.5. The molecular formula is C17H28N4O2. The van der Waals surface area contributed by atoms with Crippen LogP contribution in [0.5, 0.6) is 0 Å². The van der Waals surface area contributed by atoms with Crippen LogP contribution in [0, 0.1) is 18.3 Å². The van der Waals surface area contributed by atoms with E-state index >= 15 is 0 Å². The molecule has 128 valence electrons. The molecule has 0 radical (unpaired) electrons. The van der Waals surface area contributed by atoms with Gasteiger partial charge >= 0.3 is 0 Å². The number of hydrogen-bond acceptors (Lipinski definition) is 4. The Morgan fingerprint density at radius 3 is 2.65 bits per heavy atom. The van der Waals surface area contributed by atoms with Crippen molar-refractivity contribution in [2.45, 2.75) is 19.8 Å². The molecule has 0 bridgehead atoms. The lowest BCUT2D eigenvalue weighted by atomic mass is 9.71. The molecule has 1 unspecified atom stereocenters. The molecule has 0 saturated carbocycles. The number of aromatic nitrogens is 2. The minimum atomic E-state index is 0.109. The summed E-state index contributed by atoms with van der Waals surface area (Å²) < 4.78 is 7.14. The van der Waals surface area contributed by atoms with Crippen LogP contribution in [-0.4, -0.2) is 72.4 Å². The first-order valence-electron chi connectivity index (χ1n) is 8.42. The Hall–Kier alpha value is -1.40. The molecule has 0 aliphatic carbocycles. The number of carbonyl (C=O) groups is 1. The second kappa shape index (κ2) is 6.24. The minimum absolute atomic E-state index is 0.109. The number of piperidine rings is 1. The van der Waals surface area contributed by atoms with Crippen LogP contribution in [0.2, 0.25) is 0 Å². The summed E-state index contributed by atoms with van der Waals surface area (Å²) in [5, 5.41) is 4.29. The molecule has 1 amide bonds. The Balaban J connectivity index is 1.68. The van der Waals surface area contributed by atoms with Crippen molar-refractivity contribution in [3.05, 3.63) is 17.5 Å². The number of nitrogens with zero attached hydrogens (tertiary/aromatic N) is 4. The Morgan fingerprint density at radius 2 is 2.09 bits per heavy atom. The van der Waals surface area contributed by atoms with Crippen LogP contribution in [0.25, 0.3) is 0 Å². The fraction of sp³-hybridized carbons (Fsp3) is 0.765. The van der Waals surface area contributed by atoms with Crippen LogP contribution in [0.15, 0.2) is 6.07 Å². The summed E-state index contributed by atoms with van der Waals surface area (Å²) in [6.07, 6.45) is 2.13. The predicted molar refractivity (Wildman–Crippen MR) is 88.4 cm³/mol. The maximum atomic E-state index is 12.7. The van der Waals surface area contributed by atoms with Gasteiger partial charge in [-0.2, -0.15) is 5.10 Å². The zero-order chi connectivity index (χ0) is 16.6. The Morgan fingerprint density at radius 1 is 1.39 bits per heavy atom. The van der Waals surface area contributed by atoms with Crippen molar-refractivity contribution in [2.75, 3.05) is 46.9 Å². The molecule has 0 aromatic carbocycles. The SMILES string of the molecule is COCC1CN(C)CC12CCN(C(=O)c1cc(C)nn1C)CC2. The highest BCUT2D eigenvalue weighted by Crippen LogP contribution is 2.44. The van der Waals surface area contributed by atoms with E-state index in [1.165, 1.54) is 0 Å². The number of ether oxygens (including phenoxy) is 1. The van der Waals surface area contributed by atoms with Crippen LogP contribution >= 0.6 is 0 Å². The quantitative estimate of drug-likeness (QED) is 0.839. The molecule has 23 heavy (non-hydrogen) atoms. The van der Waals surface area contributed by atoms with Crippen molar-refractivity contribution >= 4 is 5.91 Å². The zero-order valence-electron chi connectivity index (χ0n) is 14.7. The van der Waals surface area contributed by atoms with Gasteiger partial charge in [0.15, 0.2) is 0 Å². The van der Waals surface area contributed by atoms with Crippen LogP contribution in [0.1, 0.15) is 29.0 Å². The van der Waals surface area contributed by atoms with Gasteiger partial charge in [-0.25, -0.2) is 0 Å². The van der Waals surface area contributed by atoms with E-state index < -0.39 is 0 Å². The van der Waals surface area contributed by atoms with Crippen molar-refractivity contribution < 1.29 is 9.53 Å². The van der Waals surface area contributed by atoms with Gasteiger partial charge in [-0.1, -0.05) is 0 Å². The Bertz CT molecular complexity index is 575. The van der Waals surface area contributed by atoms with E-state index in [9.17, 15) is 4.79 Å². The molecule has 1 aromatic rings. The first-order valence-corrected chi connectivity index (χ1v) is 8.42. The van der Waals surface area contributed by atoms with Gasteiger partial charge in [0.1, 0.15) is 5.69 Å². The van der Waals surface area contributed by atoms with Gasteiger partial charge < -0.3 is 14.5 Å². The van der Waals surface area contributed by atoms with E-state index in [1.807, 2.05) is 24.9 Å². The first-order chi connectivity index (χ1) is 10.9. The van der Waals surface area contributed by atoms with Gasteiger partial charge in [0, 0.05) is 46.3 Å². The van der Waals surface area contributed by atoms with Gasteiger partial charge in [-0.3, -0.25) is 9.48 Å². The summed E-state index contributed by atoms with van der Waals surface area (Å²) in [4.78, 5) is 17.1. The molecule has 0 N–H and O–H groups in total.